The molecule has 11 heteroatoms. The molecule has 1 aromatic rings. The maximum absolute atomic E-state index is 6.09. The first kappa shape index (κ1) is 46.9. The van der Waals surface area contributed by atoms with Crippen LogP contribution in [-0.2, 0) is 48.7 Å². The van der Waals surface area contributed by atoms with E-state index in [-0.39, 0.29) is 5.04 Å². The summed E-state index contributed by atoms with van der Waals surface area (Å²) in [6.45, 7) is 23.2. The van der Waals surface area contributed by atoms with Crippen LogP contribution < -0.4 is 4.74 Å². The lowest BCUT2D eigenvalue weighted by molar-refractivity contribution is -0.0241. The fraction of sp³-hybridized carbons (Fsp3) is 0.846. The van der Waals surface area contributed by atoms with Crippen LogP contribution in [0.3, 0.4) is 0 Å². The van der Waals surface area contributed by atoms with Crippen molar-refractivity contribution >= 4 is 8.32 Å². The SMILES string of the molecule is CCCCCCCCCc1ccc(OCCOCCOCCOCCOCCOCCOCCOCCOCCO[Si](C)(C)C(C)(C)C)cc1. The number of ether oxygens (including phenoxy) is 9. The van der Waals surface area contributed by atoms with Gasteiger partial charge in [0.25, 0.3) is 0 Å². The van der Waals surface area contributed by atoms with E-state index in [0.29, 0.717) is 119 Å². The van der Waals surface area contributed by atoms with Gasteiger partial charge in [-0.3, -0.25) is 0 Å². The Morgan fingerprint density at radius 3 is 1.16 bits per heavy atom. The van der Waals surface area contributed by atoms with Gasteiger partial charge in [-0.15, -0.1) is 0 Å². The van der Waals surface area contributed by atoms with E-state index in [1.54, 1.807) is 0 Å². The van der Waals surface area contributed by atoms with E-state index in [0.717, 1.165) is 12.2 Å². The minimum atomic E-state index is -1.70. The van der Waals surface area contributed by atoms with Gasteiger partial charge in [0.05, 0.1) is 112 Å². The summed E-state index contributed by atoms with van der Waals surface area (Å²) >= 11 is 0. The standard InChI is InChI=1S/C39H74O10Si/c1-7-8-9-10-11-12-13-14-37-15-17-38(18-16-37)48-35-33-46-31-29-44-27-25-42-23-21-40-19-20-41-22-24-43-26-28-45-30-32-47-34-36-49-50(5,6)39(2,3)4/h15-18H,7-14,19-36H2,1-6H3. The summed E-state index contributed by atoms with van der Waals surface area (Å²) in [6, 6.07) is 8.47. The molecule has 0 saturated heterocycles. The van der Waals surface area contributed by atoms with Crippen molar-refractivity contribution in [3.8, 4) is 5.75 Å². The fourth-order valence-corrected chi connectivity index (χ4v) is 5.50. The van der Waals surface area contributed by atoms with E-state index < -0.39 is 8.32 Å². The van der Waals surface area contributed by atoms with Crippen LogP contribution in [0.1, 0.15) is 78.2 Å². The lowest BCUT2D eigenvalue weighted by Crippen LogP contribution is -2.41. The minimum Gasteiger partial charge on any atom is -0.491 e. The summed E-state index contributed by atoms with van der Waals surface area (Å²) in [4.78, 5) is 0. The molecule has 0 spiro atoms. The Morgan fingerprint density at radius 2 is 0.780 bits per heavy atom. The Morgan fingerprint density at radius 1 is 0.440 bits per heavy atom. The Kier molecular flexibility index (Phi) is 30.5. The molecular formula is C39H74O10Si. The number of aryl methyl sites for hydroxylation is 1. The zero-order valence-corrected chi connectivity index (χ0v) is 33.8. The van der Waals surface area contributed by atoms with Gasteiger partial charge in [-0.1, -0.05) is 78.4 Å². The van der Waals surface area contributed by atoms with Gasteiger partial charge in [-0.25, -0.2) is 0 Å². The molecule has 0 radical (unpaired) electrons. The molecule has 0 bridgehead atoms. The number of rotatable bonds is 37. The van der Waals surface area contributed by atoms with Crippen LogP contribution in [0.2, 0.25) is 18.1 Å². The van der Waals surface area contributed by atoms with Crippen LogP contribution in [0.4, 0.5) is 0 Å². The summed E-state index contributed by atoms with van der Waals surface area (Å²) in [5.74, 6) is 0.890. The first-order valence-electron chi connectivity index (χ1n) is 19.2. The van der Waals surface area contributed by atoms with E-state index in [1.807, 2.05) is 0 Å². The van der Waals surface area contributed by atoms with Crippen LogP contribution in [-0.4, -0.2) is 127 Å². The Hall–Kier alpha value is -1.12. The first-order valence-corrected chi connectivity index (χ1v) is 22.1. The van der Waals surface area contributed by atoms with Crippen molar-refractivity contribution in [2.45, 2.75) is 97.2 Å². The number of benzene rings is 1. The molecule has 0 aliphatic heterocycles. The topological polar surface area (TPSA) is 92.3 Å². The zero-order chi connectivity index (χ0) is 36.4. The van der Waals surface area contributed by atoms with E-state index >= 15 is 0 Å². The average molecular weight is 731 g/mol. The molecule has 0 heterocycles. The number of hydrogen-bond acceptors (Lipinski definition) is 10. The van der Waals surface area contributed by atoms with Gasteiger partial charge >= 0.3 is 0 Å². The zero-order valence-electron chi connectivity index (χ0n) is 32.8. The van der Waals surface area contributed by atoms with Crippen molar-refractivity contribution in [3.05, 3.63) is 29.8 Å². The maximum atomic E-state index is 6.09. The molecule has 0 aromatic heterocycles. The predicted molar refractivity (Wildman–Crippen MR) is 203 cm³/mol. The number of unbranched alkanes of at least 4 members (excludes halogenated alkanes) is 6. The van der Waals surface area contributed by atoms with Gasteiger partial charge in [-0.2, -0.15) is 0 Å². The molecule has 0 aliphatic rings. The highest BCUT2D eigenvalue weighted by Gasteiger charge is 2.36. The van der Waals surface area contributed by atoms with Crippen LogP contribution >= 0.6 is 0 Å². The van der Waals surface area contributed by atoms with Crippen LogP contribution in [0.15, 0.2) is 24.3 Å². The Labute approximate surface area is 306 Å². The quantitative estimate of drug-likeness (QED) is 0.0506. The van der Waals surface area contributed by atoms with Gasteiger partial charge in [0, 0.05) is 0 Å². The van der Waals surface area contributed by atoms with Crippen LogP contribution in [0.5, 0.6) is 5.75 Å². The van der Waals surface area contributed by atoms with E-state index in [1.165, 1.54) is 50.5 Å². The van der Waals surface area contributed by atoms with Gasteiger partial charge in [0.2, 0.25) is 0 Å². The molecule has 0 N–H and O–H groups in total. The third-order valence-electron chi connectivity index (χ3n) is 8.59. The largest absolute Gasteiger partial charge is 0.491 e. The van der Waals surface area contributed by atoms with E-state index in [4.69, 9.17) is 47.1 Å². The summed E-state index contributed by atoms with van der Waals surface area (Å²) in [5, 5.41) is 0.219. The lowest BCUT2D eigenvalue weighted by Gasteiger charge is -2.36. The number of hydrogen-bond donors (Lipinski definition) is 0. The molecule has 1 rings (SSSR count). The summed E-state index contributed by atoms with van der Waals surface area (Å²) in [6.07, 6.45) is 10.5. The smallest absolute Gasteiger partial charge is 0.192 e. The van der Waals surface area contributed by atoms with Crippen LogP contribution in [0.25, 0.3) is 0 Å². The highest BCUT2D eigenvalue weighted by Crippen LogP contribution is 2.36. The average Bonchev–Trinajstić information content (AvgIpc) is 3.09. The van der Waals surface area contributed by atoms with Crippen molar-refractivity contribution in [2.75, 3.05) is 119 Å². The van der Waals surface area contributed by atoms with E-state index in [2.05, 4.69) is 65.1 Å². The second-order valence-corrected chi connectivity index (χ2v) is 18.7. The Balaban J connectivity index is 1.73. The highest BCUT2D eigenvalue weighted by molar-refractivity contribution is 6.74. The summed E-state index contributed by atoms with van der Waals surface area (Å²) in [5.41, 5.74) is 1.38. The van der Waals surface area contributed by atoms with Crippen molar-refractivity contribution in [2.24, 2.45) is 0 Å². The molecular weight excluding hydrogens is 657 g/mol. The molecule has 1 aromatic carbocycles. The third kappa shape index (κ3) is 28.5. The molecule has 0 unspecified atom stereocenters. The molecule has 0 saturated carbocycles. The first-order chi connectivity index (χ1) is 24.3. The normalized spacial score (nSPS) is 12.2. The molecule has 0 aliphatic carbocycles. The van der Waals surface area contributed by atoms with Crippen LogP contribution in [0, 0.1) is 0 Å². The van der Waals surface area contributed by atoms with Gasteiger partial charge in [0.15, 0.2) is 8.32 Å². The van der Waals surface area contributed by atoms with Gasteiger partial charge in [0.1, 0.15) is 12.4 Å². The summed E-state index contributed by atoms with van der Waals surface area (Å²) in [7, 11) is -1.70. The Bertz CT molecular complexity index is 850. The van der Waals surface area contributed by atoms with Crippen molar-refractivity contribution in [1.82, 2.24) is 0 Å². The minimum absolute atomic E-state index is 0.219. The van der Waals surface area contributed by atoms with Crippen molar-refractivity contribution in [3.63, 3.8) is 0 Å². The van der Waals surface area contributed by atoms with Crippen molar-refractivity contribution < 1.29 is 47.1 Å². The second-order valence-electron chi connectivity index (χ2n) is 13.9. The molecule has 0 amide bonds. The molecule has 0 fully saturated rings. The molecule has 0 atom stereocenters. The second kappa shape index (κ2) is 32.5. The van der Waals surface area contributed by atoms with Gasteiger partial charge in [-0.05, 0) is 48.7 Å². The van der Waals surface area contributed by atoms with Gasteiger partial charge < -0.3 is 47.1 Å². The third-order valence-corrected chi connectivity index (χ3v) is 13.1. The monoisotopic (exact) mass is 731 g/mol. The maximum Gasteiger partial charge on any atom is 0.192 e. The highest BCUT2D eigenvalue weighted by atomic mass is 28.4. The van der Waals surface area contributed by atoms with E-state index in [9.17, 15) is 0 Å². The lowest BCUT2D eigenvalue weighted by atomic mass is 10.0. The summed E-state index contributed by atoms with van der Waals surface area (Å²) < 4.78 is 56.2. The molecule has 10 nitrogen and oxygen atoms in total. The molecule has 294 valence electrons. The molecule has 50 heavy (non-hydrogen) atoms. The van der Waals surface area contributed by atoms with Crippen molar-refractivity contribution in [1.29, 1.82) is 0 Å². The fourth-order valence-electron chi connectivity index (χ4n) is 4.47. The predicted octanol–water partition coefficient (Wildman–Crippen LogP) is 7.51.